The first-order valence-corrected chi connectivity index (χ1v) is 9.02. The molecule has 0 unspecified atom stereocenters. The molecule has 30 heavy (non-hydrogen) atoms. The van der Waals surface area contributed by atoms with Gasteiger partial charge < -0.3 is 4.57 Å². The maximum atomic E-state index is 12.9. The summed E-state index contributed by atoms with van der Waals surface area (Å²) < 4.78 is 40.7. The van der Waals surface area contributed by atoms with Crippen LogP contribution in [0.1, 0.15) is 11.1 Å². The molecular formula is C20H12ClF3N4O2. The number of halogens is 4. The van der Waals surface area contributed by atoms with Gasteiger partial charge >= 0.3 is 11.9 Å². The number of aromatic nitrogens is 4. The van der Waals surface area contributed by atoms with E-state index in [2.05, 4.69) is 9.97 Å². The zero-order chi connectivity index (χ0) is 21.5. The molecule has 0 N–H and O–H groups in total. The minimum Gasteiger partial charge on any atom is -0.328 e. The van der Waals surface area contributed by atoms with Crippen molar-refractivity contribution < 1.29 is 13.2 Å². The largest absolute Gasteiger partial charge is 0.416 e. The fraction of sp³-hybridized carbons (Fsp3) is 0.100. The Labute approximate surface area is 172 Å². The summed E-state index contributed by atoms with van der Waals surface area (Å²) in [6.07, 6.45) is -1.30. The van der Waals surface area contributed by atoms with Crippen LogP contribution in [0.2, 0.25) is 5.15 Å². The summed E-state index contributed by atoms with van der Waals surface area (Å²) in [6, 6.07) is 10.2. The van der Waals surface area contributed by atoms with Gasteiger partial charge in [-0.15, -0.1) is 0 Å². The predicted molar refractivity (Wildman–Crippen MR) is 104 cm³/mol. The topological polar surface area (TPSA) is 69.8 Å². The van der Waals surface area contributed by atoms with Gasteiger partial charge in [0.05, 0.1) is 23.4 Å². The summed E-state index contributed by atoms with van der Waals surface area (Å²) in [5.41, 5.74) is -1.51. The lowest BCUT2D eigenvalue weighted by molar-refractivity contribution is -0.137. The molecule has 0 spiro atoms. The molecule has 3 heterocycles. The van der Waals surface area contributed by atoms with E-state index in [0.29, 0.717) is 5.15 Å². The van der Waals surface area contributed by atoms with Crippen LogP contribution < -0.4 is 11.2 Å². The first-order chi connectivity index (χ1) is 14.2. The smallest absolute Gasteiger partial charge is 0.328 e. The maximum absolute atomic E-state index is 12.9. The molecule has 152 valence electrons. The molecule has 0 atom stereocenters. The predicted octanol–water partition coefficient (Wildman–Crippen LogP) is 3.61. The van der Waals surface area contributed by atoms with Gasteiger partial charge in [0.25, 0.3) is 5.56 Å². The normalized spacial score (nSPS) is 11.7. The van der Waals surface area contributed by atoms with Gasteiger partial charge in [-0.2, -0.15) is 18.2 Å². The molecule has 1 aromatic carbocycles. The van der Waals surface area contributed by atoms with Crippen LogP contribution >= 0.6 is 11.6 Å². The third-order valence-corrected chi connectivity index (χ3v) is 4.69. The van der Waals surface area contributed by atoms with Crippen LogP contribution in [0.4, 0.5) is 13.2 Å². The third kappa shape index (κ3) is 3.71. The molecule has 0 aliphatic carbocycles. The van der Waals surface area contributed by atoms with Crippen LogP contribution in [0.25, 0.3) is 17.1 Å². The number of hydrogen-bond donors (Lipinski definition) is 0. The van der Waals surface area contributed by atoms with E-state index in [9.17, 15) is 22.8 Å². The highest BCUT2D eigenvalue weighted by molar-refractivity contribution is 6.29. The molecule has 2 aromatic rings. The average molecular weight is 433 g/mol. The van der Waals surface area contributed by atoms with Gasteiger partial charge in [-0.3, -0.25) is 4.79 Å². The van der Waals surface area contributed by atoms with E-state index in [1.165, 1.54) is 6.07 Å². The second-order valence-corrected chi connectivity index (χ2v) is 6.83. The van der Waals surface area contributed by atoms with Crippen molar-refractivity contribution in [2.24, 2.45) is 0 Å². The minimum atomic E-state index is -4.52. The molecule has 2 aliphatic heterocycles. The van der Waals surface area contributed by atoms with E-state index in [1.807, 2.05) is 0 Å². The molecule has 6 nitrogen and oxygen atoms in total. The van der Waals surface area contributed by atoms with E-state index in [1.54, 1.807) is 35.2 Å². The molecule has 4 rings (SSSR count). The first kappa shape index (κ1) is 19.8. The van der Waals surface area contributed by atoms with Gasteiger partial charge in [-0.05, 0) is 48.0 Å². The number of benzene rings is 1. The second-order valence-electron chi connectivity index (χ2n) is 6.44. The fourth-order valence-electron chi connectivity index (χ4n) is 3.03. The quantitative estimate of drug-likeness (QED) is 0.464. The zero-order valence-electron chi connectivity index (χ0n) is 15.1. The number of alkyl halides is 3. The highest BCUT2D eigenvalue weighted by atomic mass is 35.5. The third-order valence-electron chi connectivity index (χ3n) is 4.46. The molecule has 1 aromatic heterocycles. The van der Waals surface area contributed by atoms with E-state index >= 15 is 0 Å². The molecular weight excluding hydrogens is 421 g/mol. The summed E-state index contributed by atoms with van der Waals surface area (Å²) >= 11 is 5.78. The van der Waals surface area contributed by atoms with Crippen LogP contribution in [-0.2, 0) is 12.7 Å². The van der Waals surface area contributed by atoms with E-state index in [-0.39, 0.29) is 23.6 Å². The van der Waals surface area contributed by atoms with Crippen molar-refractivity contribution in [2.45, 2.75) is 12.7 Å². The van der Waals surface area contributed by atoms with Crippen molar-refractivity contribution in [1.82, 2.24) is 19.1 Å². The van der Waals surface area contributed by atoms with Gasteiger partial charge in [-0.25, -0.2) is 14.3 Å². The van der Waals surface area contributed by atoms with Crippen molar-refractivity contribution >= 4 is 11.6 Å². The Morgan fingerprint density at radius 1 is 1.00 bits per heavy atom. The van der Waals surface area contributed by atoms with Crippen molar-refractivity contribution in [1.29, 1.82) is 0 Å². The number of pyridine rings is 2. The molecule has 0 amide bonds. The molecule has 0 fully saturated rings. The molecule has 0 bridgehead atoms. The van der Waals surface area contributed by atoms with Gasteiger partial charge in [0.1, 0.15) is 5.15 Å². The van der Waals surface area contributed by atoms with Gasteiger partial charge in [-0.1, -0.05) is 17.7 Å². The number of nitrogens with zero attached hydrogens (tertiary/aromatic N) is 4. The summed E-state index contributed by atoms with van der Waals surface area (Å²) in [6.45, 7) is 0.289. The molecule has 0 saturated carbocycles. The molecule has 10 heteroatoms. The van der Waals surface area contributed by atoms with Crippen LogP contribution in [0, 0.1) is 0 Å². The number of rotatable bonds is 3. The zero-order valence-corrected chi connectivity index (χ0v) is 15.9. The number of hydrogen-bond acceptors (Lipinski definition) is 4. The summed E-state index contributed by atoms with van der Waals surface area (Å²) in [7, 11) is 0. The minimum absolute atomic E-state index is 0.00436. The Hall–Kier alpha value is -3.46. The molecule has 2 aliphatic rings. The Morgan fingerprint density at radius 3 is 2.37 bits per heavy atom. The van der Waals surface area contributed by atoms with Crippen LogP contribution in [-0.4, -0.2) is 19.1 Å². The lowest BCUT2D eigenvalue weighted by Gasteiger charge is -2.15. The van der Waals surface area contributed by atoms with E-state index < -0.39 is 23.0 Å². The fourth-order valence-corrected chi connectivity index (χ4v) is 3.15. The van der Waals surface area contributed by atoms with Crippen LogP contribution in [0.3, 0.4) is 0 Å². The monoisotopic (exact) mass is 432 g/mol. The first-order valence-electron chi connectivity index (χ1n) is 8.64. The van der Waals surface area contributed by atoms with E-state index in [4.69, 9.17) is 11.6 Å². The van der Waals surface area contributed by atoms with E-state index in [0.717, 1.165) is 34.4 Å². The Balaban J connectivity index is 1.80. The van der Waals surface area contributed by atoms with Gasteiger partial charge in [0, 0.05) is 12.4 Å². The summed E-state index contributed by atoms with van der Waals surface area (Å²) in [4.78, 5) is 33.5. The highest BCUT2D eigenvalue weighted by Crippen LogP contribution is 2.29. The Morgan fingerprint density at radius 2 is 1.73 bits per heavy atom. The number of fused-ring (bicyclic) bond motifs is 1. The standard InChI is InChI=1S/C20H12ClF3N4O2/c21-16-8-3-12(10-25-16)11-27-9-1-2-15-17(27)26-19(30)28(18(15)29)14-6-4-13(5-7-14)20(22,23)24/h1-10H,11H2. The Kier molecular flexibility index (Phi) is 4.90. The van der Waals surface area contributed by atoms with Gasteiger partial charge in [0.15, 0.2) is 5.82 Å². The lowest BCUT2D eigenvalue weighted by Crippen LogP contribution is -2.36. The lowest BCUT2D eigenvalue weighted by atomic mass is 10.2. The van der Waals surface area contributed by atoms with Crippen molar-refractivity contribution in [3.63, 3.8) is 0 Å². The summed E-state index contributed by atoms with van der Waals surface area (Å²) in [5, 5.41) is 0.334. The van der Waals surface area contributed by atoms with Gasteiger partial charge in [0.2, 0.25) is 0 Å². The average Bonchev–Trinajstić information content (AvgIpc) is 2.70. The van der Waals surface area contributed by atoms with Crippen LogP contribution in [0.5, 0.6) is 0 Å². The SMILES string of the molecule is O=c1nc2n(Cc3ccc(Cl)nc3)cccc-2c(=O)n1-c1ccc(C(F)(F)F)cc1. The molecule has 0 saturated heterocycles. The second kappa shape index (κ2) is 7.42. The highest BCUT2D eigenvalue weighted by Gasteiger charge is 2.30. The maximum Gasteiger partial charge on any atom is 0.416 e. The van der Waals surface area contributed by atoms with Crippen molar-refractivity contribution in [3.05, 3.63) is 98.0 Å². The van der Waals surface area contributed by atoms with Crippen molar-refractivity contribution in [3.8, 4) is 17.1 Å². The Bertz CT molecular complexity index is 1300. The van der Waals surface area contributed by atoms with Crippen molar-refractivity contribution in [2.75, 3.05) is 0 Å². The molecule has 0 radical (unpaired) electrons. The van der Waals surface area contributed by atoms with Crippen LogP contribution in [0.15, 0.2) is 70.5 Å². The summed E-state index contributed by atoms with van der Waals surface area (Å²) in [5.74, 6) is 0.158.